The van der Waals surface area contributed by atoms with Gasteiger partial charge in [0.1, 0.15) is 5.82 Å². The van der Waals surface area contributed by atoms with Crippen LogP contribution < -0.4 is 5.32 Å². The Labute approximate surface area is 120 Å². The summed E-state index contributed by atoms with van der Waals surface area (Å²) in [4.78, 5) is 16.8. The molecule has 0 aromatic carbocycles. The molecule has 6 nitrogen and oxygen atoms in total. The van der Waals surface area contributed by atoms with Gasteiger partial charge in [-0.05, 0) is 39.4 Å². The van der Waals surface area contributed by atoms with Gasteiger partial charge < -0.3 is 10.2 Å². The molecule has 1 unspecified atom stereocenters. The van der Waals surface area contributed by atoms with Gasteiger partial charge in [-0.2, -0.15) is 0 Å². The number of nitrogens with one attached hydrogen (secondary N) is 1. The maximum Gasteiger partial charge on any atom is 0.274 e. The van der Waals surface area contributed by atoms with Gasteiger partial charge in [-0.3, -0.25) is 10.1 Å². The van der Waals surface area contributed by atoms with Gasteiger partial charge in [0, 0.05) is 18.3 Å². The third kappa shape index (κ3) is 5.52. The summed E-state index contributed by atoms with van der Waals surface area (Å²) in [5, 5.41) is 13.9. The van der Waals surface area contributed by atoms with E-state index in [1.54, 1.807) is 0 Å². The molecule has 1 aromatic rings. The summed E-state index contributed by atoms with van der Waals surface area (Å²) < 4.78 is 0. The van der Waals surface area contributed by atoms with Crippen LogP contribution in [0.15, 0.2) is 18.3 Å². The van der Waals surface area contributed by atoms with Crippen LogP contribution in [0.4, 0.5) is 11.5 Å². The Bertz CT molecular complexity index is 421. The molecule has 0 aliphatic heterocycles. The standard InChI is InChI=1S/C14H24N4O2/c1-4-17(5-2)10-6-7-12(3)16-14-11-13(18(19)20)8-9-15-14/h8-9,11-12H,4-7,10H2,1-3H3,(H,15,16). The molecule has 1 rings (SSSR count). The highest BCUT2D eigenvalue weighted by atomic mass is 16.6. The molecule has 1 atom stereocenters. The van der Waals surface area contributed by atoms with E-state index in [0.717, 1.165) is 32.5 Å². The van der Waals surface area contributed by atoms with Crippen LogP contribution in [0.2, 0.25) is 0 Å². The fourth-order valence-electron chi connectivity index (χ4n) is 2.10. The van der Waals surface area contributed by atoms with E-state index in [1.807, 2.05) is 0 Å². The molecular weight excluding hydrogens is 256 g/mol. The van der Waals surface area contributed by atoms with Gasteiger partial charge in [-0.15, -0.1) is 0 Å². The molecule has 0 fully saturated rings. The average molecular weight is 280 g/mol. The molecule has 0 aliphatic carbocycles. The Morgan fingerprint density at radius 3 is 2.75 bits per heavy atom. The minimum atomic E-state index is -0.405. The normalized spacial score (nSPS) is 12.4. The molecule has 0 bridgehead atoms. The van der Waals surface area contributed by atoms with Crippen LogP contribution >= 0.6 is 0 Å². The monoisotopic (exact) mass is 280 g/mol. The van der Waals surface area contributed by atoms with E-state index >= 15 is 0 Å². The highest BCUT2D eigenvalue weighted by Crippen LogP contribution is 2.15. The van der Waals surface area contributed by atoms with Crippen LogP contribution in [-0.4, -0.2) is 40.5 Å². The first kappa shape index (κ1) is 16.4. The number of hydrogen-bond donors (Lipinski definition) is 1. The molecule has 0 saturated heterocycles. The zero-order valence-electron chi connectivity index (χ0n) is 12.5. The lowest BCUT2D eigenvalue weighted by atomic mass is 10.1. The van der Waals surface area contributed by atoms with Crippen LogP contribution in [0, 0.1) is 10.1 Å². The first-order valence-electron chi connectivity index (χ1n) is 7.16. The number of nitrogens with zero attached hydrogens (tertiary/aromatic N) is 3. The largest absolute Gasteiger partial charge is 0.367 e. The molecule has 1 aromatic heterocycles. The van der Waals surface area contributed by atoms with E-state index in [9.17, 15) is 10.1 Å². The lowest BCUT2D eigenvalue weighted by Gasteiger charge is -2.19. The average Bonchev–Trinajstić information content (AvgIpc) is 2.44. The summed E-state index contributed by atoms with van der Waals surface area (Å²) in [5.41, 5.74) is 0.0674. The van der Waals surface area contributed by atoms with Gasteiger partial charge in [0.25, 0.3) is 5.69 Å². The van der Waals surface area contributed by atoms with Crippen LogP contribution in [0.5, 0.6) is 0 Å². The van der Waals surface area contributed by atoms with Crippen LogP contribution in [0.25, 0.3) is 0 Å². The highest BCUT2D eigenvalue weighted by molar-refractivity contribution is 5.44. The summed E-state index contributed by atoms with van der Waals surface area (Å²) in [6, 6.07) is 3.12. The molecule has 0 saturated carbocycles. The van der Waals surface area contributed by atoms with Crippen LogP contribution in [-0.2, 0) is 0 Å². The van der Waals surface area contributed by atoms with Gasteiger partial charge in [-0.25, -0.2) is 4.98 Å². The second kappa shape index (κ2) is 8.47. The van der Waals surface area contributed by atoms with E-state index in [1.165, 1.54) is 18.3 Å². The predicted molar refractivity (Wildman–Crippen MR) is 81.0 cm³/mol. The lowest BCUT2D eigenvalue weighted by Crippen LogP contribution is -2.25. The summed E-state index contributed by atoms with van der Waals surface area (Å²) >= 11 is 0. The SMILES string of the molecule is CCN(CC)CCCC(C)Nc1cc([N+](=O)[O-])ccn1. The van der Waals surface area contributed by atoms with Crippen molar-refractivity contribution in [3.05, 3.63) is 28.4 Å². The number of pyridine rings is 1. The Hall–Kier alpha value is -1.69. The third-order valence-electron chi connectivity index (χ3n) is 3.35. The number of nitro groups is 1. The smallest absolute Gasteiger partial charge is 0.274 e. The summed E-state index contributed by atoms with van der Waals surface area (Å²) in [5.74, 6) is 0.564. The molecule has 0 amide bonds. The predicted octanol–water partition coefficient (Wildman–Crippen LogP) is 2.91. The zero-order chi connectivity index (χ0) is 15.0. The molecule has 20 heavy (non-hydrogen) atoms. The first-order valence-corrected chi connectivity index (χ1v) is 7.16. The van der Waals surface area contributed by atoms with Crippen molar-refractivity contribution in [2.75, 3.05) is 25.0 Å². The van der Waals surface area contributed by atoms with Crippen molar-refractivity contribution < 1.29 is 4.92 Å². The second-order valence-corrected chi connectivity index (χ2v) is 4.87. The van der Waals surface area contributed by atoms with Gasteiger partial charge in [-0.1, -0.05) is 13.8 Å². The zero-order valence-corrected chi connectivity index (χ0v) is 12.5. The first-order chi connectivity index (χ1) is 9.56. The number of anilines is 1. The van der Waals surface area contributed by atoms with Gasteiger partial charge in [0.2, 0.25) is 0 Å². The molecule has 1 N–H and O–H groups in total. The Balaban J connectivity index is 2.40. The lowest BCUT2D eigenvalue weighted by molar-refractivity contribution is -0.384. The van der Waals surface area contributed by atoms with Gasteiger partial charge in [0.05, 0.1) is 11.0 Å². The van der Waals surface area contributed by atoms with Crippen molar-refractivity contribution in [1.82, 2.24) is 9.88 Å². The molecule has 0 aliphatic rings. The van der Waals surface area contributed by atoms with E-state index in [0.29, 0.717) is 5.82 Å². The Kier molecular flexibility index (Phi) is 6.93. The topological polar surface area (TPSA) is 71.3 Å². The maximum atomic E-state index is 10.7. The number of rotatable bonds is 9. The van der Waals surface area contributed by atoms with E-state index < -0.39 is 4.92 Å². The highest BCUT2D eigenvalue weighted by Gasteiger charge is 2.09. The van der Waals surface area contributed by atoms with Gasteiger partial charge in [0.15, 0.2) is 0 Å². The Morgan fingerprint density at radius 2 is 2.15 bits per heavy atom. The summed E-state index contributed by atoms with van der Waals surface area (Å²) in [6.07, 6.45) is 3.58. The molecule has 0 spiro atoms. The summed E-state index contributed by atoms with van der Waals surface area (Å²) in [6.45, 7) is 9.63. The maximum absolute atomic E-state index is 10.7. The van der Waals surface area contributed by atoms with Crippen molar-refractivity contribution in [1.29, 1.82) is 0 Å². The molecule has 1 heterocycles. The van der Waals surface area contributed by atoms with Crippen LogP contribution in [0.3, 0.4) is 0 Å². The van der Waals surface area contributed by atoms with Crippen molar-refractivity contribution in [3.63, 3.8) is 0 Å². The van der Waals surface area contributed by atoms with E-state index in [2.05, 4.69) is 36.0 Å². The number of aromatic nitrogens is 1. The molecule has 112 valence electrons. The number of hydrogen-bond acceptors (Lipinski definition) is 5. The molecule has 6 heteroatoms. The van der Waals surface area contributed by atoms with Crippen molar-refractivity contribution in [2.24, 2.45) is 0 Å². The van der Waals surface area contributed by atoms with Crippen molar-refractivity contribution in [2.45, 2.75) is 39.7 Å². The minimum absolute atomic E-state index is 0.0674. The quantitative estimate of drug-likeness (QED) is 0.556. The minimum Gasteiger partial charge on any atom is -0.367 e. The molecule has 0 radical (unpaired) electrons. The third-order valence-corrected chi connectivity index (χ3v) is 3.35. The fourth-order valence-corrected chi connectivity index (χ4v) is 2.10. The fraction of sp³-hybridized carbons (Fsp3) is 0.643. The van der Waals surface area contributed by atoms with E-state index in [-0.39, 0.29) is 11.7 Å². The molecular formula is C14H24N4O2. The Morgan fingerprint density at radius 1 is 1.45 bits per heavy atom. The van der Waals surface area contributed by atoms with Crippen LogP contribution in [0.1, 0.15) is 33.6 Å². The second-order valence-electron chi connectivity index (χ2n) is 4.87. The summed E-state index contributed by atoms with van der Waals surface area (Å²) in [7, 11) is 0. The van der Waals surface area contributed by atoms with E-state index in [4.69, 9.17) is 0 Å². The van der Waals surface area contributed by atoms with Crippen molar-refractivity contribution in [3.8, 4) is 0 Å². The van der Waals surface area contributed by atoms with Gasteiger partial charge >= 0.3 is 0 Å². The van der Waals surface area contributed by atoms with Crippen molar-refractivity contribution >= 4 is 11.5 Å².